The molecule has 0 N–H and O–H groups in total. The topological polar surface area (TPSA) is 18.5 Å². The quantitative estimate of drug-likeness (QED) is 0.697. The molecule has 0 heterocycles. The minimum atomic E-state index is -4.94. The third-order valence-electron chi connectivity index (χ3n) is 4.55. The lowest BCUT2D eigenvalue weighted by molar-refractivity contribution is -0.276. The Kier molecular flexibility index (Phi) is 4.19. The molecule has 0 atom stereocenters. The summed E-state index contributed by atoms with van der Waals surface area (Å²) >= 11 is 0. The lowest BCUT2D eigenvalue weighted by Gasteiger charge is -2.28. The fourth-order valence-electron chi connectivity index (χ4n) is 2.78. The second kappa shape index (κ2) is 5.97. The van der Waals surface area contributed by atoms with E-state index < -0.39 is 17.9 Å². The summed E-state index contributed by atoms with van der Waals surface area (Å²) in [6.07, 6.45) is 0.730. The highest BCUT2D eigenvalue weighted by Crippen LogP contribution is 2.44. The van der Waals surface area contributed by atoms with Crippen molar-refractivity contribution in [3.63, 3.8) is 0 Å². The zero-order valence-corrected chi connectivity index (χ0v) is 12.1. The molecule has 0 aliphatic heterocycles. The lowest BCUT2D eigenvalue weighted by Crippen LogP contribution is -2.22. The number of rotatable bonds is 5. The third-order valence-corrected chi connectivity index (χ3v) is 4.55. The van der Waals surface area contributed by atoms with Gasteiger partial charge in [0.25, 0.3) is 0 Å². The molecule has 6 heteroatoms. The standard InChI is InChI=1S/C16H18F4O2/c17-14-12(11-5-2-6-11)7-8-13(15(14)22-16(18,19)20)21-9-10-3-1-4-10/h7-8,10-11H,1-6,9H2. The van der Waals surface area contributed by atoms with E-state index in [9.17, 15) is 17.6 Å². The molecular formula is C16H18F4O2. The summed E-state index contributed by atoms with van der Waals surface area (Å²) in [4.78, 5) is 0. The minimum Gasteiger partial charge on any atom is -0.489 e. The zero-order valence-electron chi connectivity index (χ0n) is 12.1. The van der Waals surface area contributed by atoms with Crippen molar-refractivity contribution in [1.29, 1.82) is 0 Å². The van der Waals surface area contributed by atoms with Crippen LogP contribution in [-0.2, 0) is 0 Å². The third kappa shape index (κ3) is 3.31. The molecule has 2 fully saturated rings. The second-order valence-electron chi connectivity index (χ2n) is 6.08. The van der Waals surface area contributed by atoms with Crippen LogP contribution in [0.15, 0.2) is 12.1 Å². The Bertz CT molecular complexity index is 534. The molecule has 2 saturated carbocycles. The van der Waals surface area contributed by atoms with Crippen LogP contribution in [-0.4, -0.2) is 13.0 Å². The van der Waals surface area contributed by atoms with Gasteiger partial charge < -0.3 is 9.47 Å². The lowest BCUT2D eigenvalue weighted by atomic mass is 9.79. The number of benzene rings is 1. The molecule has 0 spiro atoms. The summed E-state index contributed by atoms with van der Waals surface area (Å²) in [5, 5.41) is 0. The van der Waals surface area contributed by atoms with Crippen LogP contribution in [0.3, 0.4) is 0 Å². The molecule has 2 nitrogen and oxygen atoms in total. The first-order valence-corrected chi connectivity index (χ1v) is 7.65. The zero-order chi connectivity index (χ0) is 15.7. The van der Waals surface area contributed by atoms with E-state index in [2.05, 4.69) is 4.74 Å². The number of hydrogen-bond donors (Lipinski definition) is 0. The highest BCUT2D eigenvalue weighted by molar-refractivity contribution is 5.46. The molecule has 122 valence electrons. The fraction of sp³-hybridized carbons (Fsp3) is 0.625. The van der Waals surface area contributed by atoms with Crippen molar-refractivity contribution in [1.82, 2.24) is 0 Å². The number of ether oxygens (including phenoxy) is 2. The van der Waals surface area contributed by atoms with Gasteiger partial charge in [-0.15, -0.1) is 13.2 Å². The Morgan fingerprint density at radius 3 is 2.23 bits per heavy atom. The van der Waals surface area contributed by atoms with E-state index in [0.29, 0.717) is 18.1 Å². The van der Waals surface area contributed by atoms with Crippen molar-refractivity contribution in [2.24, 2.45) is 5.92 Å². The van der Waals surface area contributed by atoms with E-state index in [1.807, 2.05) is 0 Å². The van der Waals surface area contributed by atoms with Gasteiger partial charge in [0.05, 0.1) is 6.61 Å². The Balaban J connectivity index is 1.84. The van der Waals surface area contributed by atoms with Gasteiger partial charge >= 0.3 is 6.36 Å². The molecule has 1 aromatic rings. The van der Waals surface area contributed by atoms with E-state index in [4.69, 9.17) is 4.74 Å². The largest absolute Gasteiger partial charge is 0.573 e. The molecule has 1 aromatic carbocycles. The number of alkyl halides is 3. The monoisotopic (exact) mass is 318 g/mol. The molecule has 22 heavy (non-hydrogen) atoms. The minimum absolute atomic E-state index is 0.0173. The van der Waals surface area contributed by atoms with E-state index in [1.54, 1.807) is 0 Å². The summed E-state index contributed by atoms with van der Waals surface area (Å²) in [5.41, 5.74) is 0.293. The summed E-state index contributed by atoms with van der Waals surface area (Å²) in [7, 11) is 0. The normalized spacial score (nSPS) is 19.5. The Hall–Kier alpha value is -1.46. The first kappa shape index (κ1) is 15.4. The average molecular weight is 318 g/mol. The van der Waals surface area contributed by atoms with Crippen LogP contribution in [0.5, 0.6) is 11.5 Å². The molecule has 0 amide bonds. The van der Waals surface area contributed by atoms with Crippen LogP contribution < -0.4 is 9.47 Å². The van der Waals surface area contributed by atoms with Crippen molar-refractivity contribution >= 4 is 0 Å². The summed E-state index contributed by atoms with van der Waals surface area (Å²) in [5.74, 6) is -1.60. The highest BCUT2D eigenvalue weighted by Gasteiger charge is 2.36. The van der Waals surface area contributed by atoms with E-state index in [0.717, 1.165) is 38.5 Å². The summed E-state index contributed by atoms with van der Waals surface area (Å²) in [6, 6.07) is 2.93. The molecule has 0 unspecified atom stereocenters. The van der Waals surface area contributed by atoms with Gasteiger partial charge in [-0.25, -0.2) is 4.39 Å². The van der Waals surface area contributed by atoms with Crippen molar-refractivity contribution < 1.29 is 27.0 Å². The summed E-state index contributed by atoms with van der Waals surface area (Å²) < 4.78 is 61.4. The van der Waals surface area contributed by atoms with Crippen LogP contribution in [0, 0.1) is 11.7 Å². The van der Waals surface area contributed by atoms with Crippen molar-refractivity contribution in [2.75, 3.05) is 6.61 Å². The van der Waals surface area contributed by atoms with E-state index in [-0.39, 0.29) is 11.7 Å². The SMILES string of the molecule is Fc1c(C2CCC2)ccc(OCC2CCC2)c1OC(F)(F)F. The first-order chi connectivity index (χ1) is 10.4. The maximum absolute atomic E-state index is 14.5. The fourth-order valence-corrected chi connectivity index (χ4v) is 2.78. The number of hydrogen-bond acceptors (Lipinski definition) is 2. The second-order valence-corrected chi connectivity index (χ2v) is 6.08. The van der Waals surface area contributed by atoms with Gasteiger partial charge in [-0.1, -0.05) is 18.9 Å². The maximum Gasteiger partial charge on any atom is 0.573 e. The Labute approximate surface area is 126 Å². The molecule has 2 aliphatic rings. The molecule has 2 aliphatic carbocycles. The van der Waals surface area contributed by atoms with Crippen LogP contribution in [0.25, 0.3) is 0 Å². The predicted octanol–water partition coefficient (Wildman–Crippen LogP) is 5.17. The van der Waals surface area contributed by atoms with Crippen molar-refractivity contribution in [2.45, 2.75) is 50.8 Å². The number of halogens is 4. The van der Waals surface area contributed by atoms with Crippen LogP contribution in [0.1, 0.15) is 50.0 Å². The van der Waals surface area contributed by atoms with Gasteiger partial charge in [0.2, 0.25) is 5.75 Å². The van der Waals surface area contributed by atoms with Crippen molar-refractivity contribution in [3.05, 3.63) is 23.5 Å². The molecule has 0 bridgehead atoms. The van der Waals surface area contributed by atoms with Crippen LogP contribution >= 0.6 is 0 Å². The van der Waals surface area contributed by atoms with E-state index >= 15 is 0 Å². The molecule has 0 radical (unpaired) electrons. The highest BCUT2D eigenvalue weighted by atomic mass is 19.4. The van der Waals surface area contributed by atoms with Crippen LogP contribution in [0.2, 0.25) is 0 Å². The first-order valence-electron chi connectivity index (χ1n) is 7.65. The molecule has 0 saturated heterocycles. The van der Waals surface area contributed by atoms with Crippen molar-refractivity contribution in [3.8, 4) is 11.5 Å². The molecule has 0 aromatic heterocycles. The van der Waals surface area contributed by atoms with Gasteiger partial charge in [0.15, 0.2) is 11.6 Å². The predicted molar refractivity (Wildman–Crippen MR) is 72.5 cm³/mol. The Morgan fingerprint density at radius 1 is 1.05 bits per heavy atom. The van der Waals surface area contributed by atoms with Gasteiger partial charge in [-0.05, 0) is 49.1 Å². The van der Waals surface area contributed by atoms with E-state index in [1.165, 1.54) is 12.1 Å². The average Bonchev–Trinajstić information content (AvgIpc) is 2.31. The molecule has 3 rings (SSSR count). The van der Waals surface area contributed by atoms with Crippen LogP contribution in [0.4, 0.5) is 17.6 Å². The smallest absolute Gasteiger partial charge is 0.489 e. The molecular weight excluding hydrogens is 300 g/mol. The van der Waals surface area contributed by atoms with Gasteiger partial charge in [0, 0.05) is 0 Å². The Morgan fingerprint density at radius 2 is 1.73 bits per heavy atom. The van der Waals surface area contributed by atoms with Gasteiger partial charge in [0.1, 0.15) is 0 Å². The van der Waals surface area contributed by atoms with Gasteiger partial charge in [-0.3, -0.25) is 0 Å². The van der Waals surface area contributed by atoms with Gasteiger partial charge in [-0.2, -0.15) is 0 Å². The maximum atomic E-state index is 14.5. The summed E-state index contributed by atoms with van der Waals surface area (Å²) in [6.45, 7) is 0.302.